The minimum atomic E-state index is 0.157. The molecule has 1 heterocycles. The van der Waals surface area contributed by atoms with Crippen molar-refractivity contribution < 1.29 is 0 Å². The van der Waals surface area contributed by atoms with Gasteiger partial charge in [-0.1, -0.05) is 29.3 Å². The number of benzene rings is 1. The summed E-state index contributed by atoms with van der Waals surface area (Å²) < 4.78 is 1.98. The fourth-order valence-electron chi connectivity index (χ4n) is 2.02. The number of nitrogens with zero attached hydrogens (tertiary/aromatic N) is 2. The summed E-state index contributed by atoms with van der Waals surface area (Å²) in [6, 6.07) is 7.76. The topological polar surface area (TPSA) is 29.9 Å². The molecule has 0 saturated heterocycles. The fraction of sp³-hybridized carbons (Fsp3) is 0.357. The van der Waals surface area contributed by atoms with E-state index in [1.54, 1.807) is 6.07 Å². The first-order chi connectivity index (χ1) is 9.11. The molecule has 1 N–H and O–H groups in total. The monoisotopic (exact) mass is 297 g/mol. The Balaban J connectivity index is 2.03. The number of hydrogen-bond donors (Lipinski definition) is 1. The maximum absolute atomic E-state index is 6.20. The summed E-state index contributed by atoms with van der Waals surface area (Å²) in [7, 11) is 0. The van der Waals surface area contributed by atoms with Gasteiger partial charge in [0, 0.05) is 35.4 Å². The SMILES string of the molecule is CCn1nccc1CNC(C)c1ccc(Cl)cc1Cl. The standard InChI is InChI=1S/C14H17Cl2N3/c1-3-19-12(6-7-18-19)9-17-10(2)13-5-4-11(15)8-14(13)16/h4-8,10,17H,3,9H2,1-2H3. The highest BCUT2D eigenvalue weighted by Crippen LogP contribution is 2.26. The molecule has 1 atom stereocenters. The average Bonchev–Trinajstić information content (AvgIpc) is 2.83. The van der Waals surface area contributed by atoms with E-state index in [1.165, 1.54) is 5.69 Å². The number of nitrogens with one attached hydrogen (secondary N) is 1. The molecule has 0 aliphatic heterocycles. The van der Waals surface area contributed by atoms with Gasteiger partial charge in [0.15, 0.2) is 0 Å². The molecule has 1 aromatic heterocycles. The van der Waals surface area contributed by atoms with E-state index in [9.17, 15) is 0 Å². The first-order valence-corrected chi connectivity index (χ1v) is 7.06. The molecule has 2 aromatic rings. The lowest BCUT2D eigenvalue weighted by atomic mass is 10.1. The number of aryl methyl sites for hydroxylation is 1. The third kappa shape index (κ3) is 3.50. The predicted octanol–water partition coefficient (Wildman–Crippen LogP) is 4.06. The van der Waals surface area contributed by atoms with Crippen LogP contribution >= 0.6 is 23.2 Å². The van der Waals surface area contributed by atoms with E-state index in [1.807, 2.05) is 29.1 Å². The van der Waals surface area contributed by atoms with E-state index in [2.05, 4.69) is 24.3 Å². The maximum Gasteiger partial charge on any atom is 0.0522 e. The fourth-order valence-corrected chi connectivity index (χ4v) is 2.59. The second-order valence-electron chi connectivity index (χ2n) is 4.41. The maximum atomic E-state index is 6.20. The molecule has 0 aliphatic rings. The van der Waals surface area contributed by atoms with Crippen LogP contribution in [0.2, 0.25) is 10.0 Å². The van der Waals surface area contributed by atoms with Crippen LogP contribution in [0.5, 0.6) is 0 Å². The lowest BCUT2D eigenvalue weighted by Crippen LogP contribution is -2.20. The number of halogens is 2. The van der Waals surface area contributed by atoms with Crippen LogP contribution in [0.25, 0.3) is 0 Å². The Morgan fingerprint density at radius 2 is 2.11 bits per heavy atom. The van der Waals surface area contributed by atoms with E-state index in [-0.39, 0.29) is 6.04 Å². The third-order valence-electron chi connectivity index (χ3n) is 3.12. The van der Waals surface area contributed by atoms with Gasteiger partial charge in [-0.2, -0.15) is 5.10 Å². The average molecular weight is 298 g/mol. The van der Waals surface area contributed by atoms with Crippen LogP contribution in [-0.2, 0) is 13.1 Å². The summed E-state index contributed by atoms with van der Waals surface area (Å²) in [6.45, 7) is 5.80. The zero-order chi connectivity index (χ0) is 13.8. The molecule has 5 heteroatoms. The molecule has 19 heavy (non-hydrogen) atoms. The Morgan fingerprint density at radius 1 is 1.32 bits per heavy atom. The predicted molar refractivity (Wildman–Crippen MR) is 79.6 cm³/mol. The molecular formula is C14H17Cl2N3. The van der Waals surface area contributed by atoms with Crippen LogP contribution in [0.1, 0.15) is 31.1 Å². The quantitative estimate of drug-likeness (QED) is 0.902. The summed E-state index contributed by atoms with van der Waals surface area (Å²) in [5.41, 5.74) is 2.22. The van der Waals surface area contributed by atoms with Gasteiger partial charge in [-0.3, -0.25) is 4.68 Å². The van der Waals surface area contributed by atoms with Gasteiger partial charge in [0.05, 0.1) is 5.69 Å². The first-order valence-electron chi connectivity index (χ1n) is 6.30. The lowest BCUT2D eigenvalue weighted by Gasteiger charge is -2.16. The number of rotatable bonds is 5. The van der Waals surface area contributed by atoms with Crippen LogP contribution < -0.4 is 5.32 Å². The highest BCUT2D eigenvalue weighted by molar-refractivity contribution is 6.35. The van der Waals surface area contributed by atoms with Gasteiger partial charge in [0.1, 0.15) is 0 Å². The molecule has 0 fully saturated rings. The van der Waals surface area contributed by atoms with Gasteiger partial charge in [0.25, 0.3) is 0 Å². The molecule has 0 aliphatic carbocycles. The number of aromatic nitrogens is 2. The van der Waals surface area contributed by atoms with Crippen molar-refractivity contribution in [1.82, 2.24) is 15.1 Å². The van der Waals surface area contributed by atoms with E-state index >= 15 is 0 Å². The summed E-state index contributed by atoms with van der Waals surface area (Å²) in [4.78, 5) is 0. The minimum absolute atomic E-state index is 0.157. The smallest absolute Gasteiger partial charge is 0.0522 e. The van der Waals surface area contributed by atoms with Crippen molar-refractivity contribution in [1.29, 1.82) is 0 Å². The highest BCUT2D eigenvalue weighted by atomic mass is 35.5. The van der Waals surface area contributed by atoms with Crippen LogP contribution in [0.4, 0.5) is 0 Å². The van der Waals surface area contributed by atoms with Crippen LogP contribution in [0.3, 0.4) is 0 Å². The Morgan fingerprint density at radius 3 is 2.79 bits per heavy atom. The van der Waals surface area contributed by atoms with E-state index < -0.39 is 0 Å². The largest absolute Gasteiger partial charge is 0.305 e. The molecule has 0 bridgehead atoms. The summed E-state index contributed by atoms with van der Waals surface area (Å²) in [5.74, 6) is 0. The van der Waals surface area contributed by atoms with Crippen molar-refractivity contribution in [3.05, 3.63) is 51.8 Å². The van der Waals surface area contributed by atoms with Crippen molar-refractivity contribution in [3.8, 4) is 0 Å². The van der Waals surface area contributed by atoms with Crippen molar-refractivity contribution >= 4 is 23.2 Å². The molecular weight excluding hydrogens is 281 g/mol. The molecule has 2 rings (SSSR count). The Bertz CT molecular complexity index is 551. The lowest BCUT2D eigenvalue weighted by molar-refractivity contribution is 0.532. The second kappa shape index (κ2) is 6.42. The molecule has 1 unspecified atom stereocenters. The Hall–Kier alpha value is -1.03. The molecule has 102 valence electrons. The van der Waals surface area contributed by atoms with Crippen LogP contribution in [0.15, 0.2) is 30.5 Å². The van der Waals surface area contributed by atoms with Crippen molar-refractivity contribution in [2.75, 3.05) is 0 Å². The van der Waals surface area contributed by atoms with Crippen LogP contribution in [-0.4, -0.2) is 9.78 Å². The Kier molecular flexibility index (Phi) is 4.86. The zero-order valence-electron chi connectivity index (χ0n) is 11.0. The Labute approximate surface area is 123 Å². The highest BCUT2D eigenvalue weighted by Gasteiger charge is 2.10. The molecule has 0 radical (unpaired) electrons. The van der Waals surface area contributed by atoms with Crippen molar-refractivity contribution in [2.45, 2.75) is 33.0 Å². The van der Waals surface area contributed by atoms with Gasteiger partial charge in [-0.15, -0.1) is 0 Å². The first kappa shape index (κ1) is 14.4. The van der Waals surface area contributed by atoms with E-state index in [0.717, 1.165) is 18.7 Å². The van der Waals surface area contributed by atoms with Gasteiger partial charge >= 0.3 is 0 Å². The van der Waals surface area contributed by atoms with Crippen molar-refractivity contribution in [3.63, 3.8) is 0 Å². The van der Waals surface area contributed by atoms with Gasteiger partial charge < -0.3 is 5.32 Å². The van der Waals surface area contributed by atoms with Gasteiger partial charge in [-0.25, -0.2) is 0 Å². The zero-order valence-corrected chi connectivity index (χ0v) is 12.5. The molecule has 3 nitrogen and oxygen atoms in total. The molecule has 0 amide bonds. The number of hydrogen-bond acceptors (Lipinski definition) is 2. The van der Waals surface area contributed by atoms with Gasteiger partial charge in [-0.05, 0) is 37.6 Å². The van der Waals surface area contributed by atoms with Gasteiger partial charge in [0.2, 0.25) is 0 Å². The van der Waals surface area contributed by atoms with E-state index in [0.29, 0.717) is 10.0 Å². The normalized spacial score (nSPS) is 12.6. The van der Waals surface area contributed by atoms with Crippen molar-refractivity contribution in [2.24, 2.45) is 0 Å². The molecule has 0 saturated carbocycles. The third-order valence-corrected chi connectivity index (χ3v) is 3.68. The molecule has 1 aromatic carbocycles. The summed E-state index contributed by atoms with van der Waals surface area (Å²) in [5, 5.41) is 9.04. The van der Waals surface area contributed by atoms with E-state index in [4.69, 9.17) is 23.2 Å². The second-order valence-corrected chi connectivity index (χ2v) is 5.25. The minimum Gasteiger partial charge on any atom is -0.305 e. The summed E-state index contributed by atoms with van der Waals surface area (Å²) >= 11 is 12.1. The van der Waals surface area contributed by atoms with Crippen LogP contribution in [0, 0.1) is 0 Å². The molecule has 0 spiro atoms. The summed E-state index contributed by atoms with van der Waals surface area (Å²) in [6.07, 6.45) is 1.82.